The Kier molecular flexibility index (Phi) is 4.71. The first-order valence-electron chi connectivity index (χ1n) is 7.67. The molecule has 1 fully saturated rings. The number of carbonyl (C=O) groups excluding carboxylic acids is 1. The van der Waals surface area contributed by atoms with Crippen molar-refractivity contribution < 1.29 is 4.79 Å². The van der Waals surface area contributed by atoms with Gasteiger partial charge in [0.15, 0.2) is 0 Å². The maximum absolute atomic E-state index is 12.5. The topological polar surface area (TPSA) is 20.3 Å². The van der Waals surface area contributed by atoms with Gasteiger partial charge in [0.2, 0.25) is 5.91 Å². The van der Waals surface area contributed by atoms with Crippen LogP contribution in [-0.4, -0.2) is 23.4 Å². The van der Waals surface area contributed by atoms with Crippen LogP contribution >= 0.6 is 11.3 Å². The van der Waals surface area contributed by atoms with E-state index >= 15 is 0 Å². The van der Waals surface area contributed by atoms with Crippen LogP contribution in [0, 0.1) is 0 Å². The zero-order valence-electron chi connectivity index (χ0n) is 12.2. The summed E-state index contributed by atoms with van der Waals surface area (Å²) in [6.07, 6.45) is 4.78. The van der Waals surface area contributed by atoms with E-state index in [1.165, 1.54) is 11.1 Å². The molecule has 21 heavy (non-hydrogen) atoms. The first kappa shape index (κ1) is 14.3. The van der Waals surface area contributed by atoms with Crippen LogP contribution in [0.3, 0.4) is 0 Å². The molecule has 0 bridgehead atoms. The number of carbonyl (C=O) groups is 1. The second-order valence-corrected chi connectivity index (χ2v) is 6.48. The third-order valence-corrected chi connectivity index (χ3v) is 4.95. The molecule has 1 unspecified atom stereocenters. The van der Waals surface area contributed by atoms with Crippen molar-refractivity contribution in [1.82, 2.24) is 4.90 Å². The number of thiophene rings is 1. The lowest BCUT2D eigenvalue weighted by Gasteiger charge is -2.25. The SMILES string of the molecule is O=C(CCc1ccsc1)N1CCCC1Cc1ccccc1. The lowest BCUT2D eigenvalue weighted by Crippen LogP contribution is -2.36. The first-order valence-corrected chi connectivity index (χ1v) is 8.61. The molecular weight excluding hydrogens is 278 g/mol. The van der Waals surface area contributed by atoms with Gasteiger partial charge in [0.25, 0.3) is 0 Å². The molecule has 0 aliphatic carbocycles. The predicted molar refractivity (Wildman–Crippen MR) is 87.5 cm³/mol. The molecular formula is C18H21NOS. The van der Waals surface area contributed by atoms with E-state index in [0.717, 1.165) is 32.2 Å². The summed E-state index contributed by atoms with van der Waals surface area (Å²) >= 11 is 1.70. The zero-order chi connectivity index (χ0) is 14.5. The van der Waals surface area contributed by atoms with Gasteiger partial charge >= 0.3 is 0 Å². The molecule has 0 N–H and O–H groups in total. The van der Waals surface area contributed by atoms with E-state index in [1.54, 1.807) is 11.3 Å². The molecule has 1 aliphatic rings. The van der Waals surface area contributed by atoms with Gasteiger partial charge in [-0.2, -0.15) is 11.3 Å². The van der Waals surface area contributed by atoms with Crippen LogP contribution in [0.2, 0.25) is 0 Å². The summed E-state index contributed by atoms with van der Waals surface area (Å²) in [5.41, 5.74) is 2.62. The van der Waals surface area contributed by atoms with Crippen molar-refractivity contribution in [2.24, 2.45) is 0 Å². The number of benzene rings is 1. The Morgan fingerprint density at radius 3 is 2.81 bits per heavy atom. The van der Waals surface area contributed by atoms with E-state index in [2.05, 4.69) is 46.0 Å². The second kappa shape index (κ2) is 6.90. The first-order chi connectivity index (χ1) is 10.3. The minimum atomic E-state index is 0.319. The minimum absolute atomic E-state index is 0.319. The van der Waals surface area contributed by atoms with Gasteiger partial charge in [-0.05, 0) is 53.6 Å². The molecule has 0 radical (unpaired) electrons. The van der Waals surface area contributed by atoms with Crippen LogP contribution in [0.5, 0.6) is 0 Å². The Labute approximate surface area is 130 Å². The Balaban J connectivity index is 1.57. The third kappa shape index (κ3) is 3.73. The Bertz CT molecular complexity index is 564. The monoisotopic (exact) mass is 299 g/mol. The van der Waals surface area contributed by atoms with Crippen molar-refractivity contribution in [2.75, 3.05) is 6.54 Å². The Morgan fingerprint density at radius 2 is 2.05 bits per heavy atom. The van der Waals surface area contributed by atoms with Crippen molar-refractivity contribution in [3.63, 3.8) is 0 Å². The number of hydrogen-bond donors (Lipinski definition) is 0. The number of aryl methyl sites for hydroxylation is 1. The van der Waals surface area contributed by atoms with E-state index in [-0.39, 0.29) is 0 Å². The van der Waals surface area contributed by atoms with Crippen LogP contribution in [0.15, 0.2) is 47.2 Å². The van der Waals surface area contributed by atoms with Crippen LogP contribution < -0.4 is 0 Å². The Morgan fingerprint density at radius 1 is 1.19 bits per heavy atom. The standard InChI is InChI=1S/C18H21NOS/c20-18(9-8-16-10-12-21-14-16)19-11-4-7-17(19)13-15-5-2-1-3-6-15/h1-3,5-6,10,12,14,17H,4,7-9,11,13H2. The van der Waals surface area contributed by atoms with E-state index < -0.39 is 0 Å². The number of likely N-dealkylation sites (tertiary alicyclic amines) is 1. The number of hydrogen-bond acceptors (Lipinski definition) is 2. The molecule has 0 spiro atoms. The highest BCUT2D eigenvalue weighted by Crippen LogP contribution is 2.22. The highest BCUT2D eigenvalue weighted by Gasteiger charge is 2.28. The fourth-order valence-corrected chi connectivity index (χ4v) is 3.80. The maximum Gasteiger partial charge on any atom is 0.223 e. The lowest BCUT2D eigenvalue weighted by atomic mass is 10.0. The molecule has 1 amide bonds. The molecule has 1 saturated heterocycles. The van der Waals surface area contributed by atoms with Gasteiger partial charge in [-0.1, -0.05) is 30.3 Å². The number of nitrogens with zero attached hydrogens (tertiary/aromatic N) is 1. The largest absolute Gasteiger partial charge is 0.339 e. The van der Waals surface area contributed by atoms with E-state index in [9.17, 15) is 4.79 Å². The highest BCUT2D eigenvalue weighted by atomic mass is 32.1. The summed E-state index contributed by atoms with van der Waals surface area (Å²) in [4.78, 5) is 14.6. The molecule has 110 valence electrons. The minimum Gasteiger partial charge on any atom is -0.339 e. The normalized spacial score (nSPS) is 18.1. The average Bonchev–Trinajstić information content (AvgIpc) is 3.17. The van der Waals surface area contributed by atoms with E-state index in [1.807, 2.05) is 6.07 Å². The van der Waals surface area contributed by atoms with Gasteiger partial charge in [-0.15, -0.1) is 0 Å². The van der Waals surface area contributed by atoms with Crippen LogP contribution in [0.25, 0.3) is 0 Å². The summed E-state index contributed by atoms with van der Waals surface area (Å²) in [5, 5.41) is 4.21. The van der Waals surface area contributed by atoms with Crippen molar-refractivity contribution in [3.05, 3.63) is 58.3 Å². The van der Waals surface area contributed by atoms with Crippen molar-refractivity contribution >= 4 is 17.2 Å². The molecule has 3 rings (SSSR count). The summed E-state index contributed by atoms with van der Waals surface area (Å²) in [6.45, 7) is 0.931. The van der Waals surface area contributed by atoms with Crippen LogP contribution in [0.1, 0.15) is 30.4 Å². The van der Waals surface area contributed by atoms with E-state index in [4.69, 9.17) is 0 Å². The molecule has 1 atom stereocenters. The molecule has 2 aromatic rings. The Hall–Kier alpha value is -1.61. The van der Waals surface area contributed by atoms with Crippen LogP contribution in [-0.2, 0) is 17.6 Å². The number of rotatable bonds is 5. The molecule has 2 nitrogen and oxygen atoms in total. The molecule has 3 heteroatoms. The fourth-order valence-electron chi connectivity index (χ4n) is 3.09. The van der Waals surface area contributed by atoms with Gasteiger partial charge in [-0.25, -0.2) is 0 Å². The van der Waals surface area contributed by atoms with Gasteiger partial charge in [0.1, 0.15) is 0 Å². The quantitative estimate of drug-likeness (QED) is 0.819. The van der Waals surface area contributed by atoms with E-state index in [0.29, 0.717) is 18.4 Å². The lowest BCUT2D eigenvalue weighted by molar-refractivity contribution is -0.131. The molecule has 2 heterocycles. The molecule has 1 aromatic carbocycles. The molecule has 1 aromatic heterocycles. The summed E-state index contributed by atoms with van der Waals surface area (Å²) in [6, 6.07) is 13.0. The zero-order valence-corrected chi connectivity index (χ0v) is 13.0. The van der Waals surface area contributed by atoms with Crippen LogP contribution in [0.4, 0.5) is 0 Å². The highest BCUT2D eigenvalue weighted by molar-refractivity contribution is 7.07. The summed E-state index contributed by atoms with van der Waals surface area (Å²) in [7, 11) is 0. The average molecular weight is 299 g/mol. The van der Waals surface area contributed by atoms with Gasteiger partial charge in [-0.3, -0.25) is 4.79 Å². The van der Waals surface area contributed by atoms with Crippen molar-refractivity contribution in [3.8, 4) is 0 Å². The summed E-state index contributed by atoms with van der Waals surface area (Å²) in [5.74, 6) is 0.319. The fraction of sp³-hybridized carbons (Fsp3) is 0.389. The predicted octanol–water partition coefficient (Wildman–Crippen LogP) is 3.91. The third-order valence-electron chi connectivity index (χ3n) is 4.22. The van der Waals surface area contributed by atoms with Gasteiger partial charge in [0.05, 0.1) is 0 Å². The molecule has 1 aliphatic heterocycles. The smallest absolute Gasteiger partial charge is 0.223 e. The van der Waals surface area contributed by atoms with Gasteiger partial charge < -0.3 is 4.90 Å². The second-order valence-electron chi connectivity index (χ2n) is 5.70. The number of amides is 1. The van der Waals surface area contributed by atoms with Crippen molar-refractivity contribution in [2.45, 2.75) is 38.1 Å². The van der Waals surface area contributed by atoms with Gasteiger partial charge in [0, 0.05) is 19.0 Å². The maximum atomic E-state index is 12.5. The summed E-state index contributed by atoms with van der Waals surface area (Å²) < 4.78 is 0. The molecule has 0 saturated carbocycles. The van der Waals surface area contributed by atoms with Crippen molar-refractivity contribution in [1.29, 1.82) is 0 Å².